The molecular formula is C16H24N2O3. The normalized spacial score (nSPS) is 15.1. The maximum absolute atomic E-state index is 11.9. The molecular weight excluding hydrogens is 268 g/mol. The Bertz CT molecular complexity index is 457. The van der Waals surface area contributed by atoms with Crippen LogP contribution in [-0.4, -0.2) is 50.4 Å². The predicted octanol–water partition coefficient (Wildman–Crippen LogP) is 2.23. The first kappa shape index (κ1) is 15.6. The lowest BCUT2D eigenvalue weighted by Crippen LogP contribution is -2.47. The second-order valence-corrected chi connectivity index (χ2v) is 5.37. The fraction of sp³-hybridized carbons (Fsp3) is 0.562. The highest BCUT2D eigenvalue weighted by Gasteiger charge is 2.16. The summed E-state index contributed by atoms with van der Waals surface area (Å²) in [7, 11) is 0. The van der Waals surface area contributed by atoms with E-state index in [1.54, 1.807) is 4.90 Å². The highest BCUT2D eigenvalue weighted by Crippen LogP contribution is 2.25. The van der Waals surface area contributed by atoms with Crippen LogP contribution in [0.3, 0.4) is 0 Å². The van der Waals surface area contributed by atoms with Crippen molar-refractivity contribution in [3.05, 3.63) is 29.8 Å². The number of hydrogen-bond acceptors (Lipinski definition) is 3. The van der Waals surface area contributed by atoms with Crippen molar-refractivity contribution in [2.24, 2.45) is 0 Å². The Kier molecular flexibility index (Phi) is 5.87. The average molecular weight is 292 g/mol. The number of amides is 2. The average Bonchev–Trinajstić information content (AvgIpc) is 2.52. The lowest BCUT2D eigenvalue weighted by atomic mass is 10.0. The summed E-state index contributed by atoms with van der Waals surface area (Å²) >= 11 is 0. The van der Waals surface area contributed by atoms with Gasteiger partial charge in [0.15, 0.2) is 0 Å². The van der Waals surface area contributed by atoms with Gasteiger partial charge in [0, 0.05) is 13.1 Å². The number of hydrogen-bond donors (Lipinski definition) is 1. The molecule has 1 saturated heterocycles. The van der Waals surface area contributed by atoms with E-state index in [0.717, 1.165) is 5.75 Å². The third kappa shape index (κ3) is 4.63. The zero-order valence-corrected chi connectivity index (χ0v) is 12.8. The smallest absolute Gasteiger partial charge is 0.317 e. The highest BCUT2D eigenvalue weighted by molar-refractivity contribution is 5.74. The Morgan fingerprint density at radius 2 is 2.05 bits per heavy atom. The van der Waals surface area contributed by atoms with Gasteiger partial charge in [-0.2, -0.15) is 0 Å². The lowest BCUT2D eigenvalue weighted by molar-refractivity contribution is 0.0530. The number of carbonyl (C=O) groups is 1. The number of carbonyl (C=O) groups excluding carboxylic acids is 1. The van der Waals surface area contributed by atoms with Gasteiger partial charge in [-0.1, -0.05) is 32.0 Å². The second-order valence-electron chi connectivity index (χ2n) is 5.37. The Hall–Kier alpha value is -1.75. The third-order valence-electron chi connectivity index (χ3n) is 3.48. The van der Waals surface area contributed by atoms with E-state index >= 15 is 0 Å². The van der Waals surface area contributed by atoms with Crippen LogP contribution in [0.25, 0.3) is 0 Å². The van der Waals surface area contributed by atoms with E-state index < -0.39 is 0 Å². The van der Waals surface area contributed by atoms with Gasteiger partial charge in [0.2, 0.25) is 0 Å². The molecule has 1 heterocycles. The number of ether oxygens (including phenoxy) is 2. The summed E-state index contributed by atoms with van der Waals surface area (Å²) in [5.41, 5.74) is 1.19. The van der Waals surface area contributed by atoms with Crippen LogP contribution in [0.15, 0.2) is 24.3 Å². The first-order valence-electron chi connectivity index (χ1n) is 7.50. The van der Waals surface area contributed by atoms with E-state index in [9.17, 15) is 4.79 Å². The largest absolute Gasteiger partial charge is 0.491 e. The monoisotopic (exact) mass is 292 g/mol. The summed E-state index contributed by atoms with van der Waals surface area (Å²) in [6, 6.07) is 7.99. The number of urea groups is 1. The topological polar surface area (TPSA) is 50.8 Å². The number of para-hydroxylation sites is 1. The van der Waals surface area contributed by atoms with Gasteiger partial charge < -0.3 is 19.7 Å². The summed E-state index contributed by atoms with van der Waals surface area (Å²) in [4.78, 5) is 13.7. The summed E-state index contributed by atoms with van der Waals surface area (Å²) in [5.74, 6) is 1.32. The van der Waals surface area contributed by atoms with Gasteiger partial charge in [0.25, 0.3) is 0 Å². The van der Waals surface area contributed by atoms with E-state index in [2.05, 4.69) is 25.2 Å². The van der Waals surface area contributed by atoms with Crippen LogP contribution >= 0.6 is 0 Å². The SMILES string of the molecule is CC(C)c1ccccc1OCCNC(=O)N1CCOCC1. The molecule has 116 valence electrons. The number of benzene rings is 1. The maximum Gasteiger partial charge on any atom is 0.317 e. The molecule has 21 heavy (non-hydrogen) atoms. The van der Waals surface area contributed by atoms with E-state index in [4.69, 9.17) is 9.47 Å². The Balaban J connectivity index is 1.73. The second kappa shape index (κ2) is 7.88. The van der Waals surface area contributed by atoms with Gasteiger partial charge in [0.05, 0.1) is 19.8 Å². The molecule has 0 atom stereocenters. The zero-order valence-electron chi connectivity index (χ0n) is 12.8. The standard InChI is InChI=1S/C16H24N2O3/c1-13(2)14-5-3-4-6-15(14)21-10-7-17-16(19)18-8-11-20-12-9-18/h3-6,13H,7-12H2,1-2H3,(H,17,19). The summed E-state index contributed by atoms with van der Waals surface area (Å²) in [6.07, 6.45) is 0. The Morgan fingerprint density at radius 3 is 2.76 bits per heavy atom. The number of morpholine rings is 1. The maximum atomic E-state index is 11.9. The summed E-state index contributed by atoms with van der Waals surface area (Å²) < 4.78 is 11.0. The molecule has 0 aliphatic carbocycles. The molecule has 1 aromatic carbocycles. The van der Waals surface area contributed by atoms with Crippen LogP contribution in [-0.2, 0) is 4.74 Å². The zero-order chi connectivity index (χ0) is 15.1. The van der Waals surface area contributed by atoms with Gasteiger partial charge in [-0.05, 0) is 17.5 Å². The minimum absolute atomic E-state index is 0.0426. The van der Waals surface area contributed by atoms with Crippen LogP contribution in [0.2, 0.25) is 0 Å². The van der Waals surface area contributed by atoms with E-state index in [0.29, 0.717) is 45.4 Å². The number of nitrogens with one attached hydrogen (secondary N) is 1. The number of nitrogens with zero attached hydrogens (tertiary/aromatic N) is 1. The summed E-state index contributed by atoms with van der Waals surface area (Å²) in [5, 5.41) is 2.88. The fourth-order valence-electron chi connectivity index (χ4n) is 2.29. The molecule has 2 amide bonds. The van der Waals surface area contributed by atoms with Gasteiger partial charge >= 0.3 is 6.03 Å². The van der Waals surface area contributed by atoms with Crippen molar-refractivity contribution in [2.75, 3.05) is 39.5 Å². The van der Waals surface area contributed by atoms with Crippen LogP contribution in [0, 0.1) is 0 Å². The minimum Gasteiger partial charge on any atom is -0.491 e. The van der Waals surface area contributed by atoms with Crippen LogP contribution < -0.4 is 10.1 Å². The molecule has 5 heteroatoms. The van der Waals surface area contributed by atoms with Gasteiger partial charge in [0.1, 0.15) is 12.4 Å². The van der Waals surface area contributed by atoms with Crippen molar-refractivity contribution >= 4 is 6.03 Å². The highest BCUT2D eigenvalue weighted by atomic mass is 16.5. The molecule has 1 aromatic rings. The van der Waals surface area contributed by atoms with Gasteiger partial charge in [-0.25, -0.2) is 4.79 Å². The van der Waals surface area contributed by atoms with Crippen molar-refractivity contribution in [1.82, 2.24) is 10.2 Å². The molecule has 5 nitrogen and oxygen atoms in total. The molecule has 0 radical (unpaired) electrons. The Morgan fingerprint density at radius 1 is 1.33 bits per heavy atom. The van der Waals surface area contributed by atoms with E-state index in [1.165, 1.54) is 5.56 Å². The first-order valence-corrected chi connectivity index (χ1v) is 7.50. The molecule has 1 aliphatic heterocycles. The molecule has 1 N–H and O–H groups in total. The fourth-order valence-corrected chi connectivity index (χ4v) is 2.29. The molecule has 0 bridgehead atoms. The number of rotatable bonds is 5. The quantitative estimate of drug-likeness (QED) is 0.847. The molecule has 1 aliphatic rings. The van der Waals surface area contributed by atoms with E-state index in [-0.39, 0.29) is 6.03 Å². The van der Waals surface area contributed by atoms with Crippen molar-refractivity contribution in [1.29, 1.82) is 0 Å². The Labute approximate surface area is 126 Å². The predicted molar refractivity (Wildman–Crippen MR) is 81.8 cm³/mol. The molecule has 0 saturated carbocycles. The minimum atomic E-state index is -0.0426. The van der Waals surface area contributed by atoms with E-state index in [1.807, 2.05) is 18.2 Å². The lowest BCUT2D eigenvalue weighted by Gasteiger charge is -2.26. The van der Waals surface area contributed by atoms with Crippen molar-refractivity contribution in [2.45, 2.75) is 19.8 Å². The van der Waals surface area contributed by atoms with Crippen LogP contribution in [0.1, 0.15) is 25.3 Å². The van der Waals surface area contributed by atoms with Gasteiger partial charge in [-0.15, -0.1) is 0 Å². The molecule has 0 aromatic heterocycles. The molecule has 1 fully saturated rings. The van der Waals surface area contributed by atoms with Crippen LogP contribution in [0.5, 0.6) is 5.75 Å². The molecule has 0 spiro atoms. The van der Waals surface area contributed by atoms with Crippen molar-refractivity contribution < 1.29 is 14.3 Å². The van der Waals surface area contributed by atoms with Crippen molar-refractivity contribution in [3.63, 3.8) is 0 Å². The van der Waals surface area contributed by atoms with Crippen molar-refractivity contribution in [3.8, 4) is 5.75 Å². The third-order valence-corrected chi connectivity index (χ3v) is 3.48. The summed E-state index contributed by atoms with van der Waals surface area (Å²) in [6.45, 7) is 7.80. The van der Waals surface area contributed by atoms with Gasteiger partial charge in [-0.3, -0.25) is 0 Å². The molecule has 2 rings (SSSR count). The molecule has 0 unspecified atom stereocenters. The first-order chi connectivity index (χ1) is 10.2. The van der Waals surface area contributed by atoms with Crippen LogP contribution in [0.4, 0.5) is 4.79 Å².